The van der Waals surface area contributed by atoms with E-state index in [-0.39, 0.29) is 23.2 Å². The Morgan fingerprint density at radius 3 is 2.41 bits per heavy atom. The minimum atomic E-state index is -3.65. The number of amides is 1. The van der Waals surface area contributed by atoms with Crippen LogP contribution < -0.4 is 16.4 Å². The number of carbonyl (C=O) groups is 1. The van der Waals surface area contributed by atoms with E-state index < -0.39 is 16.1 Å². The SMILES string of the molecule is CC(C)CNc1ccc(S(=O)(=O)N2CCOCC2)cc1NC(=O)[C@H](C)N.Cl. The van der Waals surface area contributed by atoms with Crippen molar-refractivity contribution in [3.05, 3.63) is 18.2 Å². The molecule has 0 spiro atoms. The predicted octanol–water partition coefficient (Wildman–Crippen LogP) is 1.48. The van der Waals surface area contributed by atoms with Gasteiger partial charge in [0.2, 0.25) is 15.9 Å². The summed E-state index contributed by atoms with van der Waals surface area (Å²) < 4.78 is 32.3. The molecule has 0 bridgehead atoms. The van der Waals surface area contributed by atoms with Crippen molar-refractivity contribution in [3.63, 3.8) is 0 Å². The van der Waals surface area contributed by atoms with Crippen molar-refractivity contribution in [1.82, 2.24) is 4.31 Å². The van der Waals surface area contributed by atoms with Gasteiger partial charge in [-0.05, 0) is 31.0 Å². The first-order chi connectivity index (χ1) is 12.2. The number of nitrogens with zero attached hydrogens (tertiary/aromatic N) is 1. The summed E-state index contributed by atoms with van der Waals surface area (Å²) in [7, 11) is -3.65. The number of morpholine rings is 1. The average molecular weight is 421 g/mol. The second-order valence-electron chi connectivity index (χ2n) is 6.78. The molecule has 1 aromatic rings. The molecule has 1 amide bonds. The summed E-state index contributed by atoms with van der Waals surface area (Å²) in [6, 6.07) is 4.00. The number of ether oxygens (including phenoxy) is 1. The largest absolute Gasteiger partial charge is 0.383 e. The minimum Gasteiger partial charge on any atom is -0.383 e. The zero-order chi connectivity index (χ0) is 19.3. The van der Waals surface area contributed by atoms with Crippen LogP contribution in [0.2, 0.25) is 0 Å². The topological polar surface area (TPSA) is 114 Å². The molecule has 1 atom stereocenters. The lowest BCUT2D eigenvalue weighted by molar-refractivity contribution is -0.117. The van der Waals surface area contributed by atoms with Crippen molar-refractivity contribution in [1.29, 1.82) is 0 Å². The Morgan fingerprint density at radius 1 is 1.22 bits per heavy atom. The highest BCUT2D eigenvalue weighted by atomic mass is 35.5. The fraction of sp³-hybridized carbons (Fsp3) is 0.588. The molecule has 0 aromatic heterocycles. The van der Waals surface area contributed by atoms with E-state index in [9.17, 15) is 13.2 Å². The molecule has 2 rings (SSSR count). The maximum absolute atomic E-state index is 12.8. The summed E-state index contributed by atoms with van der Waals surface area (Å²) in [6.45, 7) is 7.77. The zero-order valence-corrected chi connectivity index (χ0v) is 17.5. The van der Waals surface area contributed by atoms with Gasteiger partial charge in [0.15, 0.2) is 0 Å². The molecule has 1 aliphatic heterocycles. The summed E-state index contributed by atoms with van der Waals surface area (Å²) in [5.41, 5.74) is 6.69. The van der Waals surface area contributed by atoms with Crippen molar-refractivity contribution in [3.8, 4) is 0 Å². The van der Waals surface area contributed by atoms with Gasteiger partial charge in [-0.2, -0.15) is 4.31 Å². The smallest absolute Gasteiger partial charge is 0.243 e. The molecule has 0 saturated carbocycles. The van der Waals surface area contributed by atoms with Gasteiger partial charge in [0.1, 0.15) is 0 Å². The maximum atomic E-state index is 12.8. The lowest BCUT2D eigenvalue weighted by Crippen LogP contribution is -2.40. The number of hydrogen-bond donors (Lipinski definition) is 3. The molecule has 1 saturated heterocycles. The Kier molecular flexibility index (Phi) is 8.97. The first kappa shape index (κ1) is 23.6. The van der Waals surface area contributed by atoms with Crippen LogP contribution in [0.3, 0.4) is 0 Å². The molecule has 1 heterocycles. The molecule has 1 fully saturated rings. The third-order valence-electron chi connectivity index (χ3n) is 3.97. The van der Waals surface area contributed by atoms with E-state index in [1.807, 2.05) is 0 Å². The van der Waals surface area contributed by atoms with Gasteiger partial charge in [-0.1, -0.05) is 13.8 Å². The second kappa shape index (κ2) is 10.2. The molecule has 8 nitrogen and oxygen atoms in total. The molecular weight excluding hydrogens is 392 g/mol. The summed E-state index contributed by atoms with van der Waals surface area (Å²) >= 11 is 0. The summed E-state index contributed by atoms with van der Waals surface area (Å²) in [5, 5.41) is 5.95. The van der Waals surface area contributed by atoms with Gasteiger partial charge in [-0.15, -0.1) is 12.4 Å². The molecule has 4 N–H and O–H groups in total. The van der Waals surface area contributed by atoms with E-state index >= 15 is 0 Å². The van der Waals surface area contributed by atoms with Crippen molar-refractivity contribution in [2.75, 3.05) is 43.5 Å². The van der Waals surface area contributed by atoms with Crippen LogP contribution in [-0.4, -0.2) is 57.5 Å². The van der Waals surface area contributed by atoms with Crippen LogP contribution in [0.4, 0.5) is 11.4 Å². The van der Waals surface area contributed by atoms with Crippen molar-refractivity contribution in [2.45, 2.75) is 31.7 Å². The van der Waals surface area contributed by atoms with Crippen LogP contribution in [0.25, 0.3) is 0 Å². The molecule has 0 radical (unpaired) electrons. The van der Waals surface area contributed by atoms with E-state index in [0.717, 1.165) is 0 Å². The highest BCUT2D eigenvalue weighted by Crippen LogP contribution is 2.28. The Morgan fingerprint density at radius 2 is 1.85 bits per heavy atom. The maximum Gasteiger partial charge on any atom is 0.243 e. The molecule has 1 aliphatic rings. The molecule has 27 heavy (non-hydrogen) atoms. The molecule has 0 unspecified atom stereocenters. The van der Waals surface area contributed by atoms with Crippen LogP contribution in [0, 0.1) is 5.92 Å². The standard InChI is InChI=1S/C17H28N4O4S.ClH/c1-12(2)11-19-15-5-4-14(10-16(15)20-17(22)13(3)18)26(23,24)21-6-8-25-9-7-21;/h4-5,10,12-13,19H,6-9,11,18H2,1-3H3,(H,20,22);1H/t13-;/m0./s1. The van der Waals surface area contributed by atoms with Gasteiger partial charge in [0.25, 0.3) is 0 Å². The highest BCUT2D eigenvalue weighted by molar-refractivity contribution is 7.89. The van der Waals surface area contributed by atoms with Gasteiger partial charge < -0.3 is 21.1 Å². The number of halogens is 1. The summed E-state index contributed by atoms with van der Waals surface area (Å²) in [4.78, 5) is 12.2. The Labute approximate surface area is 167 Å². The van der Waals surface area contributed by atoms with Crippen molar-refractivity contribution in [2.24, 2.45) is 11.7 Å². The fourth-order valence-corrected chi connectivity index (χ4v) is 3.87. The van der Waals surface area contributed by atoms with Gasteiger partial charge in [0.05, 0.1) is 35.5 Å². The molecule has 1 aromatic carbocycles. The van der Waals surface area contributed by atoms with Gasteiger partial charge in [-0.3, -0.25) is 4.79 Å². The first-order valence-electron chi connectivity index (χ1n) is 8.74. The quantitative estimate of drug-likeness (QED) is 0.615. The molecule has 10 heteroatoms. The number of hydrogen-bond acceptors (Lipinski definition) is 6. The molecule has 0 aliphatic carbocycles. The zero-order valence-electron chi connectivity index (χ0n) is 15.9. The number of anilines is 2. The fourth-order valence-electron chi connectivity index (χ4n) is 2.44. The summed E-state index contributed by atoms with van der Waals surface area (Å²) in [6.07, 6.45) is 0. The summed E-state index contributed by atoms with van der Waals surface area (Å²) in [5.74, 6) is 0.0160. The Balaban J connectivity index is 0.00000364. The number of benzene rings is 1. The van der Waals surface area contributed by atoms with E-state index in [0.29, 0.717) is 50.1 Å². The van der Waals surface area contributed by atoms with Gasteiger partial charge in [0, 0.05) is 19.6 Å². The molecular formula is C17H29ClN4O4S. The van der Waals surface area contributed by atoms with Crippen LogP contribution >= 0.6 is 12.4 Å². The number of nitrogens with one attached hydrogen (secondary N) is 2. The van der Waals surface area contributed by atoms with Crippen LogP contribution in [0.1, 0.15) is 20.8 Å². The second-order valence-corrected chi connectivity index (χ2v) is 8.71. The van der Waals surface area contributed by atoms with Gasteiger partial charge >= 0.3 is 0 Å². The van der Waals surface area contributed by atoms with E-state index in [1.54, 1.807) is 19.1 Å². The van der Waals surface area contributed by atoms with Crippen LogP contribution in [0.15, 0.2) is 23.1 Å². The number of rotatable bonds is 7. The predicted molar refractivity (Wildman–Crippen MR) is 109 cm³/mol. The molecule has 154 valence electrons. The van der Waals surface area contributed by atoms with Crippen molar-refractivity contribution >= 4 is 39.7 Å². The number of nitrogens with two attached hydrogens (primary N) is 1. The third-order valence-corrected chi connectivity index (χ3v) is 5.87. The van der Waals surface area contributed by atoms with Gasteiger partial charge in [-0.25, -0.2) is 8.42 Å². The Bertz CT molecular complexity index is 734. The monoisotopic (exact) mass is 420 g/mol. The van der Waals surface area contributed by atoms with E-state index in [4.69, 9.17) is 10.5 Å². The number of carbonyl (C=O) groups excluding carboxylic acids is 1. The van der Waals surface area contributed by atoms with Crippen molar-refractivity contribution < 1.29 is 17.9 Å². The Hall–Kier alpha value is -1.39. The lowest BCUT2D eigenvalue weighted by atomic mass is 10.2. The number of sulfonamides is 1. The minimum absolute atomic E-state index is 0. The van der Waals surface area contributed by atoms with Crippen LogP contribution in [0.5, 0.6) is 0 Å². The van der Waals surface area contributed by atoms with E-state index in [2.05, 4.69) is 24.5 Å². The highest BCUT2D eigenvalue weighted by Gasteiger charge is 2.27. The average Bonchev–Trinajstić information content (AvgIpc) is 2.61. The normalized spacial score (nSPS) is 16.5. The third kappa shape index (κ3) is 6.32. The van der Waals surface area contributed by atoms with E-state index in [1.165, 1.54) is 10.4 Å². The first-order valence-corrected chi connectivity index (χ1v) is 10.2. The lowest BCUT2D eigenvalue weighted by Gasteiger charge is -2.26. The van der Waals surface area contributed by atoms with Crippen LogP contribution in [-0.2, 0) is 19.6 Å².